The second-order valence-electron chi connectivity index (χ2n) is 7.72. The van der Waals surface area contributed by atoms with E-state index in [-0.39, 0.29) is 11.4 Å². The highest BCUT2D eigenvalue weighted by Gasteiger charge is 2.48. The third kappa shape index (κ3) is 4.88. The number of azo groups is 1. The summed E-state index contributed by atoms with van der Waals surface area (Å²) in [7, 11) is 3.01. The number of carbonyl (C=O) groups is 1. The van der Waals surface area contributed by atoms with Gasteiger partial charge >= 0.3 is 5.97 Å². The number of aliphatic carboxylic acids is 1. The molecule has 0 bridgehead atoms. The molecule has 0 saturated carbocycles. The van der Waals surface area contributed by atoms with E-state index in [1.165, 1.54) is 14.2 Å². The molecule has 0 aliphatic carbocycles. The first-order valence-corrected chi connectivity index (χ1v) is 10.6. The first kappa shape index (κ1) is 24.4. The number of methoxy groups -OCH3 is 2. The van der Waals surface area contributed by atoms with Crippen LogP contribution in [0, 0.1) is 0 Å². The Morgan fingerprint density at radius 1 is 0.886 bits per heavy atom. The Kier molecular flexibility index (Phi) is 7.12. The van der Waals surface area contributed by atoms with Gasteiger partial charge in [0.1, 0.15) is 41.2 Å². The minimum absolute atomic E-state index is 0.103. The van der Waals surface area contributed by atoms with Gasteiger partial charge in [-0.1, -0.05) is 30.3 Å². The van der Waals surface area contributed by atoms with Crippen molar-refractivity contribution < 1.29 is 44.2 Å². The predicted molar refractivity (Wildman–Crippen MR) is 123 cm³/mol. The highest BCUT2D eigenvalue weighted by Crippen LogP contribution is 2.40. The van der Waals surface area contributed by atoms with Crippen LogP contribution < -0.4 is 14.2 Å². The van der Waals surface area contributed by atoms with Crippen molar-refractivity contribution in [2.24, 2.45) is 10.2 Å². The monoisotopic (exact) mass is 484 g/mol. The Labute approximate surface area is 199 Å². The van der Waals surface area contributed by atoms with E-state index in [1.54, 1.807) is 42.5 Å². The van der Waals surface area contributed by atoms with Crippen LogP contribution in [-0.4, -0.2) is 71.3 Å². The summed E-state index contributed by atoms with van der Waals surface area (Å²) in [6, 6.07) is 15.6. The van der Waals surface area contributed by atoms with E-state index >= 15 is 0 Å². The largest absolute Gasteiger partial charge is 0.497 e. The minimum Gasteiger partial charge on any atom is -0.497 e. The van der Waals surface area contributed by atoms with Gasteiger partial charge in [0.05, 0.1) is 14.2 Å². The number of hydrogen-bond donors (Lipinski definition) is 4. The zero-order valence-corrected chi connectivity index (χ0v) is 18.8. The van der Waals surface area contributed by atoms with Crippen molar-refractivity contribution in [2.45, 2.75) is 30.7 Å². The van der Waals surface area contributed by atoms with Crippen LogP contribution in [0.3, 0.4) is 0 Å². The normalized spacial score (nSPS) is 24.4. The van der Waals surface area contributed by atoms with E-state index in [9.17, 15) is 25.2 Å². The zero-order chi connectivity index (χ0) is 25.1. The molecule has 5 atom stereocenters. The van der Waals surface area contributed by atoms with Crippen molar-refractivity contribution in [3.05, 3.63) is 54.6 Å². The van der Waals surface area contributed by atoms with E-state index in [4.69, 9.17) is 18.9 Å². The fourth-order valence-corrected chi connectivity index (χ4v) is 3.69. The molecular formula is C24H24N2O9. The molecule has 4 rings (SSSR count). The van der Waals surface area contributed by atoms with Gasteiger partial charge in [-0.05, 0) is 23.6 Å². The Morgan fingerprint density at radius 2 is 1.63 bits per heavy atom. The molecule has 0 spiro atoms. The summed E-state index contributed by atoms with van der Waals surface area (Å²) in [4.78, 5) is 11.4. The van der Waals surface area contributed by atoms with Gasteiger partial charge in [0.2, 0.25) is 6.29 Å². The SMILES string of the molecule is COc1ccc(OC)c(N=Nc2c(OC3OC(C(=O)O)C(O)C(O)C3O)ccc3ccccc23)c1. The highest BCUT2D eigenvalue weighted by atomic mass is 16.7. The Bertz CT molecular complexity index is 1250. The second kappa shape index (κ2) is 10.2. The molecule has 11 heteroatoms. The number of carboxylic acids is 1. The average molecular weight is 484 g/mol. The van der Waals surface area contributed by atoms with Crippen molar-refractivity contribution in [1.29, 1.82) is 0 Å². The molecular weight excluding hydrogens is 460 g/mol. The number of fused-ring (bicyclic) bond motifs is 1. The summed E-state index contributed by atoms with van der Waals surface area (Å²) < 4.78 is 21.6. The smallest absolute Gasteiger partial charge is 0.335 e. The molecule has 11 nitrogen and oxygen atoms in total. The van der Waals surface area contributed by atoms with E-state index in [1.807, 2.05) is 12.1 Å². The number of carboxylic acid groups (broad SMARTS) is 1. The molecule has 4 N–H and O–H groups in total. The molecule has 3 aromatic carbocycles. The highest BCUT2D eigenvalue weighted by molar-refractivity contribution is 5.95. The van der Waals surface area contributed by atoms with E-state index in [0.717, 1.165) is 5.39 Å². The van der Waals surface area contributed by atoms with Gasteiger partial charge < -0.3 is 39.4 Å². The summed E-state index contributed by atoms with van der Waals surface area (Å²) in [5.74, 6) is -0.420. The van der Waals surface area contributed by atoms with E-state index < -0.39 is 36.7 Å². The summed E-state index contributed by atoms with van der Waals surface area (Å²) in [5.41, 5.74) is 0.639. The molecule has 1 fully saturated rings. The molecule has 5 unspecified atom stereocenters. The van der Waals surface area contributed by atoms with Crippen molar-refractivity contribution in [3.63, 3.8) is 0 Å². The maximum Gasteiger partial charge on any atom is 0.335 e. The van der Waals surface area contributed by atoms with Crippen LogP contribution in [0.2, 0.25) is 0 Å². The van der Waals surface area contributed by atoms with Crippen LogP contribution in [0.25, 0.3) is 10.8 Å². The number of ether oxygens (including phenoxy) is 4. The van der Waals surface area contributed by atoms with Crippen molar-refractivity contribution >= 4 is 28.1 Å². The van der Waals surface area contributed by atoms with Crippen LogP contribution in [0.1, 0.15) is 0 Å². The Morgan fingerprint density at radius 3 is 2.34 bits per heavy atom. The van der Waals surface area contributed by atoms with E-state index in [2.05, 4.69) is 10.2 Å². The Hall–Kier alpha value is -3.77. The van der Waals surface area contributed by atoms with E-state index in [0.29, 0.717) is 22.6 Å². The molecule has 1 aliphatic heterocycles. The first-order valence-electron chi connectivity index (χ1n) is 10.6. The fraction of sp³-hybridized carbons (Fsp3) is 0.292. The lowest BCUT2D eigenvalue weighted by atomic mass is 9.99. The maximum atomic E-state index is 11.4. The first-order chi connectivity index (χ1) is 16.8. The van der Waals surface area contributed by atoms with Crippen LogP contribution >= 0.6 is 0 Å². The van der Waals surface area contributed by atoms with Crippen molar-refractivity contribution in [1.82, 2.24) is 0 Å². The summed E-state index contributed by atoms with van der Waals surface area (Å²) >= 11 is 0. The molecule has 0 amide bonds. The third-order valence-corrected chi connectivity index (χ3v) is 5.56. The topological polar surface area (TPSA) is 160 Å². The molecule has 1 heterocycles. The molecule has 0 aromatic heterocycles. The predicted octanol–water partition coefficient (Wildman–Crippen LogP) is 2.54. The zero-order valence-electron chi connectivity index (χ0n) is 18.8. The van der Waals surface area contributed by atoms with Gasteiger partial charge in [-0.25, -0.2) is 4.79 Å². The number of rotatable bonds is 7. The van der Waals surface area contributed by atoms with Gasteiger partial charge in [0.15, 0.2) is 11.9 Å². The van der Waals surface area contributed by atoms with Crippen LogP contribution in [0.15, 0.2) is 64.8 Å². The molecule has 184 valence electrons. The maximum absolute atomic E-state index is 11.4. The summed E-state index contributed by atoms with van der Waals surface area (Å²) in [6.07, 6.45) is -8.77. The van der Waals surface area contributed by atoms with Gasteiger partial charge in [-0.15, -0.1) is 10.2 Å². The molecule has 35 heavy (non-hydrogen) atoms. The summed E-state index contributed by atoms with van der Waals surface area (Å²) in [5, 5.41) is 49.9. The van der Waals surface area contributed by atoms with Crippen molar-refractivity contribution in [2.75, 3.05) is 14.2 Å². The van der Waals surface area contributed by atoms with Gasteiger partial charge in [0.25, 0.3) is 0 Å². The summed E-state index contributed by atoms with van der Waals surface area (Å²) in [6.45, 7) is 0. The molecule has 1 aliphatic rings. The van der Waals surface area contributed by atoms with Gasteiger partial charge in [-0.2, -0.15) is 0 Å². The van der Waals surface area contributed by atoms with Gasteiger partial charge in [-0.3, -0.25) is 0 Å². The van der Waals surface area contributed by atoms with Crippen molar-refractivity contribution in [3.8, 4) is 17.2 Å². The third-order valence-electron chi connectivity index (χ3n) is 5.56. The molecule has 1 saturated heterocycles. The lowest BCUT2D eigenvalue weighted by Gasteiger charge is -2.38. The van der Waals surface area contributed by atoms with Gasteiger partial charge in [0, 0.05) is 11.5 Å². The molecule has 0 radical (unpaired) electrons. The minimum atomic E-state index is -1.83. The van der Waals surface area contributed by atoms with Crippen LogP contribution in [-0.2, 0) is 9.53 Å². The second-order valence-corrected chi connectivity index (χ2v) is 7.72. The lowest BCUT2D eigenvalue weighted by molar-refractivity contribution is -0.271. The average Bonchev–Trinajstić information content (AvgIpc) is 2.87. The van der Waals surface area contributed by atoms with Crippen LogP contribution in [0.4, 0.5) is 11.4 Å². The number of nitrogens with zero attached hydrogens (tertiary/aromatic N) is 2. The Balaban J connectivity index is 1.75. The lowest BCUT2D eigenvalue weighted by Crippen LogP contribution is -2.61. The standard InChI is InChI=1S/C24H24N2O9/c1-32-13-8-10-16(33-2)15(11-13)25-26-18-14-6-4-3-5-12(14)7-9-17(18)34-24-21(29)19(27)20(28)22(35-24)23(30)31/h3-11,19-22,24,27-29H,1-2H3,(H,30,31). The number of aliphatic hydroxyl groups excluding tert-OH is 3. The number of benzene rings is 3. The quantitative estimate of drug-likeness (QED) is 0.370. The number of aliphatic hydroxyl groups is 3. The molecule has 3 aromatic rings. The fourth-order valence-electron chi connectivity index (χ4n) is 3.69. The van der Waals surface area contributed by atoms with Crippen LogP contribution in [0.5, 0.6) is 17.2 Å². The number of hydrogen-bond acceptors (Lipinski definition) is 10.